The predicted molar refractivity (Wildman–Crippen MR) is 173 cm³/mol. The van der Waals surface area contributed by atoms with Gasteiger partial charge in [-0.25, -0.2) is 0 Å². The van der Waals surface area contributed by atoms with Gasteiger partial charge in [-0.2, -0.15) is 0 Å². The van der Waals surface area contributed by atoms with Crippen LogP contribution in [0.3, 0.4) is 0 Å². The lowest BCUT2D eigenvalue weighted by molar-refractivity contribution is -0.143. The van der Waals surface area contributed by atoms with E-state index in [1.807, 2.05) is 0 Å². The van der Waals surface area contributed by atoms with Crippen LogP contribution in [0.1, 0.15) is 85.9 Å². The van der Waals surface area contributed by atoms with Crippen LogP contribution in [0.15, 0.2) is 96.7 Å². The second-order valence-electron chi connectivity index (χ2n) is 14.7. The molecule has 8 unspecified atom stereocenters. The van der Waals surface area contributed by atoms with Crippen LogP contribution >= 0.6 is 0 Å². The lowest BCUT2D eigenvalue weighted by Crippen LogP contribution is -2.76. The van der Waals surface area contributed by atoms with Crippen LogP contribution in [-0.4, -0.2) is 27.9 Å². The first-order valence-electron chi connectivity index (χ1n) is 16.2. The first-order chi connectivity index (χ1) is 20.3. The smallest absolute Gasteiger partial charge is 0.0733 e. The zero-order valence-electron chi connectivity index (χ0n) is 25.6. The van der Waals surface area contributed by atoms with E-state index < -0.39 is 0 Å². The van der Waals surface area contributed by atoms with Crippen LogP contribution in [0.2, 0.25) is 0 Å². The van der Waals surface area contributed by atoms with Crippen molar-refractivity contribution in [2.45, 2.75) is 76.4 Å². The molecule has 42 heavy (non-hydrogen) atoms. The van der Waals surface area contributed by atoms with Crippen molar-refractivity contribution in [1.29, 1.82) is 0 Å². The predicted octanol–water partition coefficient (Wildman–Crippen LogP) is 8.87. The maximum atomic E-state index is 2.83. The average molecular weight is 551 g/mol. The number of allylic oxidation sites excluding steroid dienone is 2. The largest absolute Gasteiger partial charge is 0.364 e. The monoisotopic (exact) mass is 550 g/mol. The van der Waals surface area contributed by atoms with Gasteiger partial charge in [-0.3, -0.25) is 0 Å². The molecule has 2 fully saturated rings. The van der Waals surface area contributed by atoms with Gasteiger partial charge >= 0.3 is 0 Å². The summed E-state index contributed by atoms with van der Waals surface area (Å²) < 4.78 is 0. The van der Waals surface area contributed by atoms with Gasteiger partial charge in [-0.1, -0.05) is 98.8 Å². The van der Waals surface area contributed by atoms with Crippen molar-refractivity contribution >= 4 is 11.3 Å². The first-order valence-corrected chi connectivity index (χ1v) is 16.2. The molecule has 6 aliphatic rings. The molecular weight excluding hydrogens is 508 g/mol. The van der Waals surface area contributed by atoms with Gasteiger partial charge in [0.15, 0.2) is 0 Å². The van der Waals surface area contributed by atoms with Crippen LogP contribution in [0.25, 0.3) is 11.3 Å². The van der Waals surface area contributed by atoms with E-state index in [0.717, 1.165) is 6.54 Å². The van der Waals surface area contributed by atoms with Gasteiger partial charge in [0.05, 0.1) is 6.04 Å². The Balaban J connectivity index is 1.16. The van der Waals surface area contributed by atoms with E-state index in [-0.39, 0.29) is 11.0 Å². The van der Waals surface area contributed by atoms with Gasteiger partial charge in [0.2, 0.25) is 0 Å². The summed E-state index contributed by atoms with van der Waals surface area (Å²) in [6.45, 7) is 13.4. The minimum absolute atomic E-state index is 0.144. The average Bonchev–Trinajstić information content (AvgIpc) is 3.37. The first kappa shape index (κ1) is 25.0. The number of aryl methyl sites for hydroxylation is 1. The maximum absolute atomic E-state index is 2.83. The second-order valence-corrected chi connectivity index (χ2v) is 14.7. The molecule has 0 radical (unpaired) electrons. The molecule has 2 nitrogen and oxygen atoms in total. The highest BCUT2D eigenvalue weighted by atomic mass is 15.3. The van der Waals surface area contributed by atoms with E-state index in [2.05, 4.69) is 136 Å². The molecule has 0 N–H and O–H groups in total. The van der Waals surface area contributed by atoms with Crippen molar-refractivity contribution in [3.05, 3.63) is 130 Å². The molecule has 8 atom stereocenters. The number of benzene rings is 3. The molecule has 9 rings (SSSR count). The van der Waals surface area contributed by atoms with Crippen LogP contribution in [0.5, 0.6) is 0 Å². The second kappa shape index (κ2) is 8.31. The maximum Gasteiger partial charge on any atom is 0.0733 e. The van der Waals surface area contributed by atoms with Gasteiger partial charge in [-0.05, 0) is 84.8 Å². The summed E-state index contributed by atoms with van der Waals surface area (Å²) in [7, 11) is 0. The Labute approximate surface area is 251 Å². The lowest BCUT2D eigenvalue weighted by Gasteiger charge is -2.74. The summed E-state index contributed by atoms with van der Waals surface area (Å²) in [4.78, 5) is 5.64. The van der Waals surface area contributed by atoms with Gasteiger partial charge in [0, 0.05) is 52.5 Å². The topological polar surface area (TPSA) is 6.48 Å². The third-order valence-corrected chi connectivity index (χ3v) is 12.8. The SMILES string of the molecule is CC1=CC2c3ccccc3C3CC(C4CC5(C)N6CC(C)C=C6c6c(C)cccc6C45C)C3N2C=C1c1ccccc1. The Bertz CT molecular complexity index is 1730. The standard InChI is InChI=1S/C40H42N2/c1-24-18-36-37-25(2)12-11-17-33(37)40(5)34(21-39(40,4)42(36)22-24)31-20-30-28-15-9-10-16-29(28)35-19-26(3)32(23-41(35)38(30)31)27-13-7-6-8-14-27/h6-19,23-24,30-31,34-35,38H,20-22H2,1-5H3. The Morgan fingerprint density at radius 2 is 1.60 bits per heavy atom. The summed E-state index contributed by atoms with van der Waals surface area (Å²) in [5.41, 5.74) is 13.7. The Morgan fingerprint density at radius 3 is 2.40 bits per heavy atom. The Kier molecular flexibility index (Phi) is 4.95. The van der Waals surface area contributed by atoms with Crippen molar-refractivity contribution in [3.63, 3.8) is 0 Å². The molecule has 3 aromatic rings. The fourth-order valence-corrected chi connectivity index (χ4v) is 10.6. The minimum atomic E-state index is 0.144. The fraction of sp³-hybridized carbons (Fsp3) is 0.400. The molecule has 4 heterocycles. The molecule has 0 bridgehead atoms. The number of hydrogen-bond donors (Lipinski definition) is 0. The zero-order valence-corrected chi connectivity index (χ0v) is 25.6. The quantitative estimate of drug-likeness (QED) is 0.314. The summed E-state index contributed by atoms with van der Waals surface area (Å²) in [6, 6.07) is 28.4. The van der Waals surface area contributed by atoms with Crippen LogP contribution in [0.4, 0.5) is 0 Å². The van der Waals surface area contributed by atoms with E-state index in [4.69, 9.17) is 0 Å². The van der Waals surface area contributed by atoms with Gasteiger partial charge in [-0.15, -0.1) is 0 Å². The Hall–Kier alpha value is -3.52. The van der Waals surface area contributed by atoms with E-state index in [1.165, 1.54) is 51.9 Å². The number of nitrogens with zero attached hydrogens (tertiary/aromatic N) is 2. The molecule has 2 heteroatoms. The summed E-state index contributed by atoms with van der Waals surface area (Å²) in [6.07, 6.45) is 10.3. The third kappa shape index (κ3) is 2.92. The van der Waals surface area contributed by atoms with E-state index >= 15 is 0 Å². The molecule has 2 aliphatic carbocycles. The van der Waals surface area contributed by atoms with Crippen LogP contribution in [0, 0.1) is 24.7 Å². The van der Waals surface area contributed by atoms with Gasteiger partial charge < -0.3 is 9.80 Å². The van der Waals surface area contributed by atoms with Crippen molar-refractivity contribution < 1.29 is 0 Å². The highest BCUT2D eigenvalue weighted by Gasteiger charge is 2.71. The molecule has 212 valence electrons. The van der Waals surface area contributed by atoms with Crippen molar-refractivity contribution in [2.24, 2.45) is 17.8 Å². The lowest BCUT2D eigenvalue weighted by atomic mass is 9.38. The minimum Gasteiger partial charge on any atom is -0.364 e. The number of fused-ring (bicyclic) bond motifs is 12. The van der Waals surface area contributed by atoms with E-state index in [1.54, 1.807) is 11.1 Å². The number of hydrogen-bond acceptors (Lipinski definition) is 2. The fourth-order valence-electron chi connectivity index (χ4n) is 10.6. The summed E-state index contributed by atoms with van der Waals surface area (Å²) in [5.74, 6) is 2.58. The van der Waals surface area contributed by atoms with Gasteiger partial charge in [0.25, 0.3) is 0 Å². The highest BCUT2D eigenvalue weighted by Crippen LogP contribution is 2.71. The molecular formula is C40H42N2. The molecule has 0 aromatic heterocycles. The molecule has 0 spiro atoms. The molecule has 0 saturated heterocycles. The molecule has 4 aliphatic heterocycles. The summed E-state index contributed by atoms with van der Waals surface area (Å²) >= 11 is 0. The van der Waals surface area contributed by atoms with Crippen molar-refractivity contribution in [1.82, 2.24) is 9.80 Å². The third-order valence-electron chi connectivity index (χ3n) is 12.8. The van der Waals surface area contributed by atoms with Crippen molar-refractivity contribution in [2.75, 3.05) is 6.54 Å². The zero-order chi connectivity index (χ0) is 28.5. The van der Waals surface area contributed by atoms with E-state index in [0.29, 0.717) is 35.8 Å². The van der Waals surface area contributed by atoms with Crippen LogP contribution < -0.4 is 0 Å². The Morgan fingerprint density at radius 1 is 0.833 bits per heavy atom. The van der Waals surface area contributed by atoms with Gasteiger partial charge in [0.1, 0.15) is 0 Å². The number of rotatable bonds is 2. The normalized spacial score (nSPS) is 36.9. The molecule has 0 amide bonds. The molecule has 2 saturated carbocycles. The molecule has 3 aromatic carbocycles. The van der Waals surface area contributed by atoms with E-state index in [9.17, 15) is 0 Å². The summed E-state index contributed by atoms with van der Waals surface area (Å²) in [5, 5.41) is 0. The van der Waals surface area contributed by atoms with Crippen LogP contribution in [-0.2, 0) is 5.41 Å². The van der Waals surface area contributed by atoms with Crippen molar-refractivity contribution in [3.8, 4) is 0 Å². The highest BCUT2D eigenvalue weighted by molar-refractivity contribution is 5.80.